The molecule has 3 rings (SSSR count). The lowest BCUT2D eigenvalue weighted by atomic mass is 10.1. The summed E-state index contributed by atoms with van der Waals surface area (Å²) in [7, 11) is 1.57. The van der Waals surface area contributed by atoms with Crippen LogP contribution in [0.3, 0.4) is 0 Å². The number of nitriles is 1. The second kappa shape index (κ2) is 10.2. The normalized spacial score (nSPS) is 14.2. The maximum Gasteiger partial charge on any atom is 0.264 e. The molecule has 2 aromatic rings. The van der Waals surface area contributed by atoms with Crippen molar-refractivity contribution in [2.24, 2.45) is 0 Å². The van der Waals surface area contributed by atoms with Crippen LogP contribution in [0.15, 0.2) is 42.0 Å². The first-order valence-electron chi connectivity index (χ1n) is 10.2. The summed E-state index contributed by atoms with van der Waals surface area (Å²) in [5.41, 5.74) is 3.03. The number of carbonyl (C=O) groups is 1. The van der Waals surface area contributed by atoms with Crippen molar-refractivity contribution in [2.45, 2.75) is 13.8 Å². The first-order chi connectivity index (χ1) is 15.0. The molecule has 0 bridgehead atoms. The second-order valence-electron chi connectivity index (χ2n) is 7.22. The lowest BCUT2D eigenvalue weighted by molar-refractivity contribution is -0.126. The largest absolute Gasteiger partial charge is 0.493 e. The van der Waals surface area contributed by atoms with Crippen LogP contribution in [0.25, 0.3) is 6.08 Å². The van der Waals surface area contributed by atoms with Gasteiger partial charge in [-0.25, -0.2) is 0 Å². The van der Waals surface area contributed by atoms with Crippen LogP contribution >= 0.6 is 11.6 Å². The fourth-order valence-corrected chi connectivity index (χ4v) is 3.77. The number of ether oxygens (including phenoxy) is 2. The van der Waals surface area contributed by atoms with Crippen LogP contribution in [0.1, 0.15) is 18.1 Å². The van der Waals surface area contributed by atoms with E-state index in [9.17, 15) is 10.1 Å². The molecule has 0 radical (unpaired) electrons. The van der Waals surface area contributed by atoms with Crippen molar-refractivity contribution < 1.29 is 14.3 Å². The van der Waals surface area contributed by atoms with E-state index in [1.165, 1.54) is 0 Å². The lowest BCUT2D eigenvalue weighted by Gasteiger charge is -2.36. The molecule has 1 fully saturated rings. The molecule has 162 valence electrons. The van der Waals surface area contributed by atoms with Crippen LogP contribution in [-0.4, -0.2) is 50.7 Å². The van der Waals surface area contributed by atoms with Crippen molar-refractivity contribution in [1.29, 1.82) is 5.26 Å². The van der Waals surface area contributed by atoms with Crippen molar-refractivity contribution in [3.8, 4) is 17.6 Å². The Balaban J connectivity index is 1.72. The molecule has 2 aromatic carbocycles. The van der Waals surface area contributed by atoms with Gasteiger partial charge in [0.25, 0.3) is 5.91 Å². The quantitative estimate of drug-likeness (QED) is 0.495. The highest BCUT2D eigenvalue weighted by atomic mass is 35.5. The van der Waals surface area contributed by atoms with E-state index in [-0.39, 0.29) is 11.5 Å². The van der Waals surface area contributed by atoms with E-state index in [1.54, 1.807) is 36.3 Å². The maximum absolute atomic E-state index is 13.0. The summed E-state index contributed by atoms with van der Waals surface area (Å²) in [6.45, 7) is 6.87. The number of amides is 1. The van der Waals surface area contributed by atoms with Gasteiger partial charge in [-0.15, -0.1) is 0 Å². The van der Waals surface area contributed by atoms with Crippen LogP contribution in [0.2, 0.25) is 5.02 Å². The van der Waals surface area contributed by atoms with Crippen molar-refractivity contribution in [2.75, 3.05) is 44.8 Å². The molecule has 0 atom stereocenters. The van der Waals surface area contributed by atoms with E-state index >= 15 is 0 Å². The Bertz CT molecular complexity index is 1020. The summed E-state index contributed by atoms with van der Waals surface area (Å²) < 4.78 is 10.9. The van der Waals surface area contributed by atoms with Gasteiger partial charge in [-0.1, -0.05) is 23.7 Å². The minimum atomic E-state index is -0.265. The fraction of sp³-hybridized carbons (Fsp3) is 0.333. The maximum atomic E-state index is 13.0. The summed E-state index contributed by atoms with van der Waals surface area (Å²) in [4.78, 5) is 16.9. The molecule has 1 saturated heterocycles. The van der Waals surface area contributed by atoms with Crippen molar-refractivity contribution in [3.05, 3.63) is 58.1 Å². The summed E-state index contributed by atoms with van der Waals surface area (Å²) in [5.74, 6) is 0.920. The minimum absolute atomic E-state index is 0.0972. The Hall–Kier alpha value is -3.17. The van der Waals surface area contributed by atoms with Gasteiger partial charge in [-0.3, -0.25) is 4.79 Å². The van der Waals surface area contributed by atoms with E-state index in [1.807, 2.05) is 32.0 Å². The molecule has 0 N–H and O–H groups in total. The number of anilines is 1. The lowest BCUT2D eigenvalue weighted by Crippen LogP contribution is -2.49. The molecule has 1 aliphatic heterocycles. The number of halogens is 1. The Morgan fingerprint density at radius 2 is 1.90 bits per heavy atom. The smallest absolute Gasteiger partial charge is 0.264 e. The number of carbonyl (C=O) groups excluding carboxylic acids is 1. The van der Waals surface area contributed by atoms with Gasteiger partial charge in [-0.05, 0) is 55.3 Å². The van der Waals surface area contributed by atoms with Gasteiger partial charge in [0.2, 0.25) is 0 Å². The first kappa shape index (κ1) is 22.5. The fourth-order valence-electron chi connectivity index (χ4n) is 3.60. The molecule has 1 amide bonds. The van der Waals surface area contributed by atoms with Crippen LogP contribution in [0.5, 0.6) is 11.5 Å². The number of nitrogens with zero attached hydrogens (tertiary/aromatic N) is 3. The molecule has 1 aliphatic rings. The van der Waals surface area contributed by atoms with Gasteiger partial charge in [-0.2, -0.15) is 5.26 Å². The number of hydrogen-bond acceptors (Lipinski definition) is 5. The summed E-state index contributed by atoms with van der Waals surface area (Å²) in [6.07, 6.45) is 1.60. The van der Waals surface area contributed by atoms with Crippen LogP contribution < -0.4 is 14.4 Å². The van der Waals surface area contributed by atoms with Crippen molar-refractivity contribution in [1.82, 2.24) is 4.90 Å². The van der Waals surface area contributed by atoms with E-state index < -0.39 is 0 Å². The van der Waals surface area contributed by atoms with Crippen molar-refractivity contribution in [3.63, 3.8) is 0 Å². The van der Waals surface area contributed by atoms with Crippen LogP contribution in [-0.2, 0) is 4.79 Å². The number of piperazine rings is 1. The molecular formula is C24H26ClN3O3. The zero-order chi connectivity index (χ0) is 22.4. The molecular weight excluding hydrogens is 414 g/mol. The highest BCUT2D eigenvalue weighted by molar-refractivity contribution is 6.30. The molecule has 0 spiro atoms. The topological polar surface area (TPSA) is 65.8 Å². The highest BCUT2D eigenvalue weighted by Gasteiger charge is 2.24. The van der Waals surface area contributed by atoms with Gasteiger partial charge in [0.1, 0.15) is 11.6 Å². The Morgan fingerprint density at radius 3 is 2.55 bits per heavy atom. The van der Waals surface area contributed by atoms with Gasteiger partial charge in [0.15, 0.2) is 11.5 Å². The monoisotopic (exact) mass is 439 g/mol. The van der Waals surface area contributed by atoms with Gasteiger partial charge in [0.05, 0.1) is 13.7 Å². The van der Waals surface area contributed by atoms with E-state index in [0.29, 0.717) is 54.9 Å². The van der Waals surface area contributed by atoms with Gasteiger partial charge < -0.3 is 19.3 Å². The van der Waals surface area contributed by atoms with Crippen LogP contribution in [0.4, 0.5) is 5.69 Å². The number of hydrogen-bond donors (Lipinski definition) is 0. The SMILES string of the molecule is CCOc1cc(C=C(C#N)C(=O)N2CCN(c3cc(Cl)ccc3C)CC2)ccc1OC. The summed E-state index contributed by atoms with van der Waals surface area (Å²) in [5, 5.41) is 10.3. The molecule has 0 unspecified atom stereocenters. The second-order valence-corrected chi connectivity index (χ2v) is 7.66. The third-order valence-electron chi connectivity index (χ3n) is 5.23. The average Bonchev–Trinajstić information content (AvgIpc) is 2.79. The van der Waals surface area contributed by atoms with E-state index in [0.717, 1.165) is 11.3 Å². The molecule has 0 aromatic heterocycles. The number of methoxy groups -OCH3 is 1. The van der Waals surface area contributed by atoms with E-state index in [2.05, 4.69) is 11.0 Å². The molecule has 6 nitrogen and oxygen atoms in total. The molecule has 1 heterocycles. The number of benzene rings is 2. The molecule has 0 saturated carbocycles. The first-order valence-corrected chi connectivity index (χ1v) is 10.6. The van der Waals surface area contributed by atoms with Crippen LogP contribution in [0, 0.1) is 18.3 Å². The third-order valence-corrected chi connectivity index (χ3v) is 5.46. The van der Waals surface area contributed by atoms with Gasteiger partial charge in [0, 0.05) is 36.9 Å². The predicted octanol–water partition coefficient (Wildman–Crippen LogP) is 4.31. The highest BCUT2D eigenvalue weighted by Crippen LogP contribution is 2.29. The number of aryl methyl sites for hydroxylation is 1. The van der Waals surface area contributed by atoms with Gasteiger partial charge >= 0.3 is 0 Å². The Morgan fingerprint density at radius 1 is 1.16 bits per heavy atom. The Labute approximate surface area is 188 Å². The average molecular weight is 440 g/mol. The predicted molar refractivity (Wildman–Crippen MR) is 123 cm³/mol. The summed E-state index contributed by atoms with van der Waals surface area (Å²) >= 11 is 6.15. The van der Waals surface area contributed by atoms with E-state index in [4.69, 9.17) is 21.1 Å². The summed E-state index contributed by atoms with van der Waals surface area (Å²) in [6, 6.07) is 13.2. The molecule has 0 aliphatic carbocycles. The standard InChI is InChI=1S/C24H26ClN3O3/c1-4-31-23-14-18(6-8-22(23)30-3)13-19(16-26)24(29)28-11-9-27(10-12-28)21-15-20(25)7-5-17(21)2/h5-8,13-15H,4,9-12H2,1-3H3. The molecule has 7 heteroatoms. The zero-order valence-electron chi connectivity index (χ0n) is 18.0. The Kier molecular flexibility index (Phi) is 7.43. The molecule has 31 heavy (non-hydrogen) atoms. The third kappa shape index (κ3) is 5.31. The minimum Gasteiger partial charge on any atom is -0.493 e. The zero-order valence-corrected chi connectivity index (χ0v) is 18.8. The van der Waals surface area contributed by atoms with Crippen molar-refractivity contribution >= 4 is 29.3 Å². The number of rotatable bonds is 6.